The van der Waals surface area contributed by atoms with Crippen LogP contribution in [0, 0.1) is 0 Å². The van der Waals surface area contributed by atoms with E-state index >= 15 is 0 Å². The van der Waals surface area contributed by atoms with Gasteiger partial charge in [-0.1, -0.05) is 23.9 Å². The van der Waals surface area contributed by atoms with Crippen LogP contribution in [0.15, 0.2) is 52.3 Å². The third-order valence-electron chi connectivity index (χ3n) is 5.84. The van der Waals surface area contributed by atoms with Gasteiger partial charge in [-0.25, -0.2) is 0 Å². The minimum atomic E-state index is -4.33. The predicted molar refractivity (Wildman–Crippen MR) is 109 cm³/mol. The molecular weight excluding hydrogens is 381 g/mol. The van der Waals surface area contributed by atoms with Crippen LogP contribution in [-0.2, 0) is 6.18 Å². The predicted octanol–water partition coefficient (Wildman–Crippen LogP) is 6.57. The Balaban J connectivity index is 1.60. The monoisotopic (exact) mass is 406 g/mol. The van der Waals surface area contributed by atoms with E-state index < -0.39 is 11.7 Å². The third kappa shape index (κ3) is 3.77. The largest absolute Gasteiger partial charge is 0.416 e. The van der Waals surface area contributed by atoms with E-state index in [-0.39, 0.29) is 5.54 Å². The van der Waals surface area contributed by atoms with Crippen LogP contribution in [0.3, 0.4) is 0 Å². The van der Waals surface area contributed by atoms with E-state index in [1.54, 1.807) is 17.8 Å². The summed E-state index contributed by atoms with van der Waals surface area (Å²) in [6, 6.07) is 12.1. The maximum atomic E-state index is 13.3. The average molecular weight is 407 g/mol. The molecule has 0 atom stereocenters. The van der Waals surface area contributed by atoms with E-state index in [9.17, 15) is 13.2 Å². The van der Waals surface area contributed by atoms with Crippen LogP contribution in [0.5, 0.6) is 0 Å². The Morgan fingerprint density at radius 2 is 1.75 bits per heavy atom. The van der Waals surface area contributed by atoms with Gasteiger partial charge in [0.1, 0.15) is 0 Å². The van der Waals surface area contributed by atoms with Gasteiger partial charge in [-0.05, 0) is 70.0 Å². The quantitative estimate of drug-likeness (QED) is 0.567. The molecule has 1 fully saturated rings. The van der Waals surface area contributed by atoms with Crippen LogP contribution >= 0.6 is 11.8 Å². The van der Waals surface area contributed by atoms with Crippen LogP contribution in [0.2, 0.25) is 0 Å². The normalized spacial score (nSPS) is 18.8. The Hall–Kier alpha value is -1.66. The highest BCUT2D eigenvalue weighted by molar-refractivity contribution is 7.99. The Morgan fingerprint density at radius 3 is 2.46 bits per heavy atom. The number of anilines is 2. The van der Waals surface area contributed by atoms with Gasteiger partial charge in [0.15, 0.2) is 0 Å². The Morgan fingerprint density at radius 1 is 1.00 bits per heavy atom. The highest BCUT2D eigenvalue weighted by atomic mass is 32.2. The van der Waals surface area contributed by atoms with E-state index in [0.717, 1.165) is 35.0 Å². The van der Waals surface area contributed by atoms with Gasteiger partial charge in [-0.15, -0.1) is 0 Å². The SMILES string of the molecule is CC1(C)CCCN1CCCN1c2ccccc2Sc2ccc(C(F)(F)F)cc21. The maximum Gasteiger partial charge on any atom is 0.416 e. The zero-order valence-corrected chi connectivity index (χ0v) is 17.0. The molecule has 28 heavy (non-hydrogen) atoms. The van der Waals surface area contributed by atoms with Crippen molar-refractivity contribution < 1.29 is 13.2 Å². The second-order valence-corrected chi connectivity index (χ2v) is 9.24. The molecule has 0 bridgehead atoms. The number of hydrogen-bond donors (Lipinski definition) is 0. The summed E-state index contributed by atoms with van der Waals surface area (Å²) < 4.78 is 39.9. The van der Waals surface area contributed by atoms with Crippen molar-refractivity contribution in [2.75, 3.05) is 24.5 Å². The molecule has 0 amide bonds. The van der Waals surface area contributed by atoms with Crippen LogP contribution in [-0.4, -0.2) is 30.1 Å². The lowest BCUT2D eigenvalue weighted by Gasteiger charge is -2.35. The van der Waals surface area contributed by atoms with Crippen LogP contribution in [0.1, 0.15) is 38.7 Å². The topological polar surface area (TPSA) is 6.48 Å². The van der Waals surface area contributed by atoms with Gasteiger partial charge in [-0.2, -0.15) is 13.2 Å². The number of benzene rings is 2. The number of alkyl halides is 3. The first kappa shape index (κ1) is 19.6. The summed E-state index contributed by atoms with van der Waals surface area (Å²) in [4.78, 5) is 6.55. The van der Waals surface area contributed by atoms with Gasteiger partial charge in [-0.3, -0.25) is 4.90 Å². The first-order chi connectivity index (χ1) is 13.3. The highest BCUT2D eigenvalue weighted by Crippen LogP contribution is 2.49. The molecule has 2 aromatic rings. The number of halogens is 3. The molecular formula is C22H25F3N2S. The first-order valence-corrected chi connectivity index (χ1v) is 10.6. The van der Waals surface area contributed by atoms with Gasteiger partial charge >= 0.3 is 6.18 Å². The Kier molecular flexibility index (Phi) is 5.12. The van der Waals surface area contributed by atoms with Crippen molar-refractivity contribution in [3.05, 3.63) is 48.0 Å². The highest BCUT2D eigenvalue weighted by Gasteiger charge is 2.34. The van der Waals surface area contributed by atoms with Gasteiger partial charge < -0.3 is 4.90 Å². The average Bonchev–Trinajstić information content (AvgIpc) is 2.98. The number of hydrogen-bond acceptors (Lipinski definition) is 3. The lowest BCUT2D eigenvalue weighted by Crippen LogP contribution is -2.39. The summed E-state index contributed by atoms with van der Waals surface area (Å²) in [5.74, 6) is 0. The number of rotatable bonds is 4. The number of likely N-dealkylation sites (tertiary alicyclic amines) is 1. The zero-order chi connectivity index (χ0) is 19.9. The van der Waals surface area contributed by atoms with E-state index in [4.69, 9.17) is 0 Å². The van der Waals surface area contributed by atoms with Crippen LogP contribution < -0.4 is 4.90 Å². The van der Waals surface area contributed by atoms with E-state index in [2.05, 4.69) is 23.6 Å². The molecule has 0 radical (unpaired) electrons. The zero-order valence-electron chi connectivity index (χ0n) is 16.2. The van der Waals surface area contributed by atoms with E-state index in [1.807, 2.05) is 24.3 Å². The van der Waals surface area contributed by atoms with Crippen LogP contribution in [0.25, 0.3) is 0 Å². The van der Waals surface area contributed by atoms with Crippen molar-refractivity contribution in [2.24, 2.45) is 0 Å². The number of nitrogens with zero attached hydrogens (tertiary/aromatic N) is 2. The molecule has 0 aromatic heterocycles. The Labute approximate surface area is 168 Å². The minimum absolute atomic E-state index is 0.219. The molecule has 2 aliphatic heterocycles. The standard InChI is InChI=1S/C22H25F3N2S/c1-21(2)11-5-12-26(21)13-6-14-27-17-7-3-4-8-19(17)28-20-10-9-16(15-18(20)27)22(23,24)25/h3-4,7-10,15H,5-6,11-14H2,1-2H3. The van der Waals surface area contributed by atoms with Crippen molar-refractivity contribution >= 4 is 23.1 Å². The van der Waals surface area contributed by atoms with Crippen molar-refractivity contribution in [1.29, 1.82) is 0 Å². The molecule has 0 unspecified atom stereocenters. The Bertz CT molecular complexity index is 863. The van der Waals surface area contributed by atoms with Crippen LogP contribution in [0.4, 0.5) is 24.5 Å². The maximum absolute atomic E-state index is 13.3. The smallest absolute Gasteiger partial charge is 0.340 e. The second kappa shape index (κ2) is 7.30. The number of fused-ring (bicyclic) bond motifs is 2. The van der Waals surface area contributed by atoms with Gasteiger partial charge in [0, 0.05) is 28.4 Å². The van der Waals surface area contributed by atoms with Gasteiger partial charge in [0.05, 0.1) is 16.9 Å². The summed E-state index contributed by atoms with van der Waals surface area (Å²) in [5.41, 5.74) is 1.30. The molecule has 6 heteroatoms. The molecule has 0 aliphatic carbocycles. The van der Waals surface area contributed by atoms with Gasteiger partial charge in [0.2, 0.25) is 0 Å². The molecule has 4 rings (SSSR count). The first-order valence-electron chi connectivity index (χ1n) is 9.76. The van der Waals surface area contributed by atoms with Crippen molar-refractivity contribution in [3.63, 3.8) is 0 Å². The van der Waals surface area contributed by atoms with Crippen molar-refractivity contribution in [2.45, 2.75) is 54.6 Å². The summed E-state index contributed by atoms with van der Waals surface area (Å²) in [6.45, 7) is 7.33. The molecule has 1 saturated heterocycles. The molecule has 2 nitrogen and oxygen atoms in total. The minimum Gasteiger partial charge on any atom is -0.340 e. The summed E-state index contributed by atoms with van der Waals surface area (Å²) >= 11 is 1.54. The lowest BCUT2D eigenvalue weighted by molar-refractivity contribution is -0.137. The van der Waals surface area contributed by atoms with Gasteiger partial charge in [0.25, 0.3) is 0 Å². The fourth-order valence-corrected chi connectivity index (χ4v) is 5.32. The molecule has 2 aliphatic rings. The molecule has 150 valence electrons. The lowest BCUT2D eigenvalue weighted by atomic mass is 10.0. The van der Waals surface area contributed by atoms with E-state index in [0.29, 0.717) is 12.2 Å². The second-order valence-electron chi connectivity index (χ2n) is 8.16. The van der Waals surface area contributed by atoms with E-state index in [1.165, 1.54) is 25.0 Å². The summed E-state index contributed by atoms with van der Waals surface area (Å²) in [5, 5.41) is 0. The fourth-order valence-electron chi connectivity index (χ4n) is 4.24. The molecule has 0 spiro atoms. The summed E-state index contributed by atoms with van der Waals surface area (Å²) in [7, 11) is 0. The molecule has 0 N–H and O–H groups in total. The number of para-hydroxylation sites is 1. The van der Waals surface area contributed by atoms with Crippen molar-refractivity contribution in [3.8, 4) is 0 Å². The van der Waals surface area contributed by atoms with Crippen molar-refractivity contribution in [1.82, 2.24) is 4.90 Å². The molecule has 0 saturated carbocycles. The molecule has 2 aromatic carbocycles. The third-order valence-corrected chi connectivity index (χ3v) is 6.97. The molecule has 2 heterocycles. The fraction of sp³-hybridized carbons (Fsp3) is 0.455. The summed E-state index contributed by atoms with van der Waals surface area (Å²) in [6.07, 6.45) is -0.998.